The molecule has 0 radical (unpaired) electrons. The van der Waals surface area contributed by atoms with Gasteiger partial charge < -0.3 is 0 Å². The molecule has 2 heteroatoms. The highest BCUT2D eigenvalue weighted by Crippen LogP contribution is 2.65. The summed E-state index contributed by atoms with van der Waals surface area (Å²) in [6.45, 7) is 4.95. The summed E-state index contributed by atoms with van der Waals surface area (Å²) in [6, 6.07) is 0. The molecule has 0 heterocycles. The van der Waals surface area contributed by atoms with Crippen LogP contribution in [0.15, 0.2) is 22.8 Å². The van der Waals surface area contributed by atoms with Crippen LogP contribution in [0, 0.1) is 28.6 Å². The molecule has 0 bridgehead atoms. The predicted octanol–water partition coefficient (Wildman–Crippen LogP) is 6.29. The van der Waals surface area contributed by atoms with Gasteiger partial charge in [-0.2, -0.15) is 0 Å². The van der Waals surface area contributed by atoms with E-state index in [1.165, 1.54) is 38.5 Å². The molecule has 0 aromatic carbocycles. The van der Waals surface area contributed by atoms with E-state index in [0.29, 0.717) is 10.8 Å². The minimum Gasteiger partial charge on any atom is -0.123 e. The first-order valence-corrected chi connectivity index (χ1v) is 9.46. The predicted molar refractivity (Wildman–Crippen MR) is 90.7 cm³/mol. The Bertz CT molecular complexity index is 520. The first kappa shape index (κ1) is 14.6. The zero-order valence-electron chi connectivity index (χ0n) is 13.2. The Morgan fingerprint density at radius 2 is 1.76 bits per heavy atom. The molecule has 6 atom stereocenters. The highest BCUT2D eigenvalue weighted by atomic mass is 35.5. The van der Waals surface area contributed by atoms with Crippen LogP contribution in [-0.2, 0) is 0 Å². The third-order valence-corrected chi connectivity index (χ3v) is 8.49. The van der Waals surface area contributed by atoms with Crippen LogP contribution in [0.25, 0.3) is 0 Å². The van der Waals surface area contributed by atoms with Gasteiger partial charge in [-0.1, -0.05) is 43.2 Å². The second-order valence-corrected chi connectivity index (χ2v) is 9.37. The van der Waals surface area contributed by atoms with Crippen molar-refractivity contribution in [2.24, 2.45) is 28.6 Å². The zero-order valence-corrected chi connectivity index (χ0v) is 14.7. The lowest BCUT2D eigenvalue weighted by Crippen LogP contribution is -2.49. The fourth-order valence-corrected chi connectivity index (χ4v) is 6.73. The first-order chi connectivity index (χ1) is 9.95. The maximum Gasteiger partial charge on any atom is 0.0373 e. The molecule has 0 saturated heterocycles. The molecule has 116 valence electrons. The first-order valence-electron chi connectivity index (χ1n) is 8.65. The second kappa shape index (κ2) is 4.78. The topological polar surface area (TPSA) is 0 Å². The average molecular weight is 325 g/mol. The molecule has 0 spiro atoms. The Kier molecular flexibility index (Phi) is 3.33. The van der Waals surface area contributed by atoms with Crippen molar-refractivity contribution in [1.82, 2.24) is 0 Å². The number of halogens is 2. The summed E-state index contributed by atoms with van der Waals surface area (Å²) >= 11 is 13.0. The van der Waals surface area contributed by atoms with Crippen LogP contribution in [0.3, 0.4) is 0 Å². The van der Waals surface area contributed by atoms with E-state index < -0.39 is 0 Å². The van der Waals surface area contributed by atoms with Crippen molar-refractivity contribution in [1.29, 1.82) is 0 Å². The Morgan fingerprint density at radius 1 is 1.00 bits per heavy atom. The lowest BCUT2D eigenvalue weighted by atomic mass is 9.48. The Morgan fingerprint density at radius 3 is 2.57 bits per heavy atom. The van der Waals surface area contributed by atoms with Crippen molar-refractivity contribution in [3.8, 4) is 0 Å². The van der Waals surface area contributed by atoms with Crippen LogP contribution in [-0.4, -0.2) is 5.38 Å². The molecule has 0 unspecified atom stereocenters. The highest BCUT2D eigenvalue weighted by Gasteiger charge is 2.56. The molecule has 0 nitrogen and oxygen atoms in total. The molecule has 21 heavy (non-hydrogen) atoms. The highest BCUT2D eigenvalue weighted by molar-refractivity contribution is 6.30. The van der Waals surface area contributed by atoms with E-state index in [1.54, 1.807) is 5.57 Å². The maximum absolute atomic E-state index is 6.58. The quantitative estimate of drug-likeness (QED) is 0.363. The minimum atomic E-state index is 0.272. The summed E-state index contributed by atoms with van der Waals surface area (Å²) in [5.41, 5.74) is 2.37. The van der Waals surface area contributed by atoms with Crippen molar-refractivity contribution in [2.75, 3.05) is 0 Å². The van der Waals surface area contributed by atoms with Crippen LogP contribution < -0.4 is 0 Å². The zero-order chi connectivity index (χ0) is 14.8. The van der Waals surface area contributed by atoms with Gasteiger partial charge in [0, 0.05) is 15.8 Å². The fraction of sp³-hybridized carbons (Fsp3) is 0.789. The van der Waals surface area contributed by atoms with Gasteiger partial charge in [-0.15, -0.1) is 11.6 Å². The third kappa shape index (κ3) is 1.94. The van der Waals surface area contributed by atoms with Crippen LogP contribution in [0.5, 0.6) is 0 Å². The Labute approximate surface area is 139 Å². The molecule has 4 aliphatic rings. The molecule has 0 amide bonds. The van der Waals surface area contributed by atoms with Gasteiger partial charge in [-0.3, -0.25) is 0 Å². The molecular weight excluding hydrogens is 299 g/mol. The van der Waals surface area contributed by atoms with Crippen molar-refractivity contribution >= 4 is 23.2 Å². The van der Waals surface area contributed by atoms with E-state index in [0.717, 1.165) is 29.2 Å². The number of hydrogen-bond donors (Lipinski definition) is 0. The largest absolute Gasteiger partial charge is 0.123 e. The summed E-state index contributed by atoms with van der Waals surface area (Å²) < 4.78 is 0. The van der Waals surface area contributed by atoms with Crippen LogP contribution in [0.4, 0.5) is 0 Å². The lowest BCUT2D eigenvalue weighted by Gasteiger charge is -2.57. The van der Waals surface area contributed by atoms with Gasteiger partial charge >= 0.3 is 0 Å². The average Bonchev–Trinajstić information content (AvgIpc) is 2.76. The SMILES string of the molecule is C[C@]12CC[C@@H](Cl)CC1=CC[C@@H]1[C@@H]2CC[C@]2(C)C(Cl)=CC[C@@H]12. The summed E-state index contributed by atoms with van der Waals surface area (Å²) in [7, 11) is 0. The van der Waals surface area contributed by atoms with Gasteiger partial charge in [0.25, 0.3) is 0 Å². The van der Waals surface area contributed by atoms with Crippen molar-refractivity contribution in [3.63, 3.8) is 0 Å². The molecule has 0 N–H and O–H groups in total. The van der Waals surface area contributed by atoms with Gasteiger partial charge in [0.15, 0.2) is 0 Å². The van der Waals surface area contributed by atoms with E-state index in [-0.39, 0.29) is 5.41 Å². The van der Waals surface area contributed by atoms with Crippen molar-refractivity contribution in [3.05, 3.63) is 22.8 Å². The number of fused-ring (bicyclic) bond motifs is 5. The van der Waals surface area contributed by atoms with Crippen molar-refractivity contribution in [2.45, 2.75) is 64.2 Å². The van der Waals surface area contributed by atoms with E-state index in [2.05, 4.69) is 26.0 Å². The van der Waals surface area contributed by atoms with Gasteiger partial charge in [0.2, 0.25) is 0 Å². The molecule has 0 aliphatic heterocycles. The number of hydrogen-bond acceptors (Lipinski definition) is 0. The standard InChI is InChI=1S/C19H26Cl2/c1-18-9-7-13(20)11-12(18)3-4-14-15-5-6-17(21)19(15,2)10-8-16(14)18/h3,6,13-16H,4-5,7-11H2,1-2H3/t13-,14+,15+,16+,18+,19+/m1/s1. The molecular formula is C19H26Cl2. The lowest BCUT2D eigenvalue weighted by molar-refractivity contribution is -0.0141. The van der Waals surface area contributed by atoms with E-state index in [1.807, 2.05) is 0 Å². The fourth-order valence-electron chi connectivity index (χ4n) is 6.13. The summed E-state index contributed by atoms with van der Waals surface area (Å²) in [5.74, 6) is 2.46. The second-order valence-electron chi connectivity index (χ2n) is 8.34. The summed E-state index contributed by atoms with van der Waals surface area (Å²) in [4.78, 5) is 0. The Balaban J connectivity index is 1.68. The van der Waals surface area contributed by atoms with E-state index in [4.69, 9.17) is 23.2 Å². The van der Waals surface area contributed by atoms with Crippen LogP contribution in [0.1, 0.15) is 58.8 Å². The van der Waals surface area contributed by atoms with Crippen LogP contribution in [0.2, 0.25) is 0 Å². The molecule has 2 fully saturated rings. The summed E-state index contributed by atoms with van der Waals surface area (Å²) in [6.07, 6.45) is 13.6. The normalized spacial score (nSPS) is 52.4. The molecule has 4 aliphatic carbocycles. The van der Waals surface area contributed by atoms with Gasteiger partial charge in [0.05, 0.1) is 0 Å². The van der Waals surface area contributed by atoms with E-state index in [9.17, 15) is 0 Å². The summed E-state index contributed by atoms with van der Waals surface area (Å²) in [5, 5.41) is 1.52. The number of alkyl halides is 1. The van der Waals surface area contributed by atoms with Gasteiger partial charge in [-0.05, 0) is 68.1 Å². The molecule has 4 rings (SSSR count). The maximum atomic E-state index is 6.58. The van der Waals surface area contributed by atoms with E-state index >= 15 is 0 Å². The molecule has 0 aromatic heterocycles. The molecule has 0 aromatic rings. The van der Waals surface area contributed by atoms with Gasteiger partial charge in [-0.25, -0.2) is 0 Å². The van der Waals surface area contributed by atoms with Gasteiger partial charge in [0.1, 0.15) is 0 Å². The number of allylic oxidation sites excluding steroid dienone is 4. The Hall–Kier alpha value is 0.0600. The third-order valence-electron chi connectivity index (χ3n) is 7.53. The molecule has 2 saturated carbocycles. The minimum absolute atomic E-state index is 0.272. The smallest absolute Gasteiger partial charge is 0.0373 e. The monoisotopic (exact) mass is 324 g/mol. The van der Waals surface area contributed by atoms with Crippen molar-refractivity contribution < 1.29 is 0 Å². The van der Waals surface area contributed by atoms with Crippen LogP contribution >= 0.6 is 23.2 Å². The number of rotatable bonds is 0.